The molecule has 0 saturated heterocycles. The topological polar surface area (TPSA) is 56.0 Å². The van der Waals surface area contributed by atoms with Gasteiger partial charge in [-0.25, -0.2) is 0 Å². The number of pyridine rings is 1. The zero-order chi connectivity index (χ0) is 11.7. The van der Waals surface area contributed by atoms with Crippen LogP contribution in [0, 0.1) is 10.1 Å². The van der Waals surface area contributed by atoms with Crippen molar-refractivity contribution < 1.29 is 4.92 Å². The van der Waals surface area contributed by atoms with Crippen molar-refractivity contribution in [1.29, 1.82) is 0 Å². The lowest BCUT2D eigenvalue weighted by molar-refractivity contribution is -0.383. The van der Waals surface area contributed by atoms with E-state index < -0.39 is 0 Å². The van der Waals surface area contributed by atoms with Gasteiger partial charge in [-0.3, -0.25) is 15.1 Å². The first-order chi connectivity index (χ1) is 7.65. The number of benzene rings is 1. The summed E-state index contributed by atoms with van der Waals surface area (Å²) in [6.45, 7) is 2.00. The molecule has 1 heterocycles. The van der Waals surface area contributed by atoms with Gasteiger partial charge in [-0.2, -0.15) is 0 Å². The van der Waals surface area contributed by atoms with Crippen LogP contribution in [0.25, 0.3) is 10.9 Å². The van der Waals surface area contributed by atoms with E-state index in [0.29, 0.717) is 15.4 Å². The van der Waals surface area contributed by atoms with Gasteiger partial charge in [0.15, 0.2) is 0 Å². The minimum atomic E-state index is -0.381. The van der Waals surface area contributed by atoms with Crippen molar-refractivity contribution >= 4 is 32.5 Å². The Hall–Kier alpha value is -1.49. The van der Waals surface area contributed by atoms with E-state index in [0.717, 1.165) is 12.0 Å². The molecule has 0 spiro atoms. The highest BCUT2D eigenvalue weighted by Gasteiger charge is 2.19. The summed E-state index contributed by atoms with van der Waals surface area (Å²) in [6, 6.07) is 5.21. The van der Waals surface area contributed by atoms with Crippen LogP contribution in [-0.2, 0) is 6.42 Å². The first kappa shape index (κ1) is 11.0. The molecule has 0 unspecified atom stereocenters. The van der Waals surface area contributed by atoms with Gasteiger partial charge in [0.05, 0.1) is 20.3 Å². The van der Waals surface area contributed by atoms with Crippen LogP contribution in [0.3, 0.4) is 0 Å². The molecule has 0 aliphatic heterocycles. The predicted molar refractivity (Wildman–Crippen MR) is 65.5 cm³/mol. The summed E-state index contributed by atoms with van der Waals surface area (Å²) in [5, 5.41) is 11.6. The van der Waals surface area contributed by atoms with E-state index in [1.54, 1.807) is 24.4 Å². The van der Waals surface area contributed by atoms with Gasteiger partial charge in [0.1, 0.15) is 0 Å². The molecule has 4 nitrogen and oxygen atoms in total. The van der Waals surface area contributed by atoms with Crippen LogP contribution in [0.2, 0.25) is 0 Å². The molecule has 5 heteroatoms. The summed E-state index contributed by atoms with van der Waals surface area (Å²) in [6.07, 6.45) is 2.45. The highest BCUT2D eigenvalue weighted by atomic mass is 79.9. The van der Waals surface area contributed by atoms with Gasteiger partial charge >= 0.3 is 0 Å². The molecule has 0 aliphatic rings. The Morgan fingerprint density at radius 1 is 1.56 bits per heavy atom. The minimum absolute atomic E-state index is 0.0836. The smallest absolute Gasteiger partial charge is 0.258 e. The summed E-state index contributed by atoms with van der Waals surface area (Å²) in [7, 11) is 0. The third-order valence-electron chi connectivity index (χ3n) is 2.46. The Morgan fingerprint density at radius 3 is 2.94 bits per heavy atom. The molecule has 0 aliphatic carbocycles. The van der Waals surface area contributed by atoms with Crippen molar-refractivity contribution in [2.45, 2.75) is 13.3 Å². The number of aromatic nitrogens is 1. The number of rotatable bonds is 2. The Balaban J connectivity index is 2.92. The van der Waals surface area contributed by atoms with Gasteiger partial charge in [-0.05, 0) is 46.1 Å². The Kier molecular flexibility index (Phi) is 2.87. The van der Waals surface area contributed by atoms with Crippen LogP contribution in [0.15, 0.2) is 28.9 Å². The van der Waals surface area contributed by atoms with Crippen molar-refractivity contribution in [3.63, 3.8) is 0 Å². The summed E-state index contributed by atoms with van der Waals surface area (Å²) < 4.78 is 0.509. The second-order valence-corrected chi connectivity index (χ2v) is 4.23. The lowest BCUT2D eigenvalue weighted by atomic mass is 10.1. The predicted octanol–water partition coefficient (Wildman–Crippen LogP) is 3.47. The van der Waals surface area contributed by atoms with Gasteiger partial charge < -0.3 is 0 Å². The van der Waals surface area contributed by atoms with E-state index in [2.05, 4.69) is 20.9 Å². The van der Waals surface area contributed by atoms with E-state index >= 15 is 0 Å². The normalized spacial score (nSPS) is 10.6. The van der Waals surface area contributed by atoms with Crippen LogP contribution in [0.4, 0.5) is 5.69 Å². The number of nitro benzene ring substituents is 1. The van der Waals surface area contributed by atoms with Gasteiger partial charge in [-0.15, -0.1) is 0 Å². The molecule has 2 rings (SSSR count). The fraction of sp³-hybridized carbons (Fsp3) is 0.182. The molecule has 0 atom stereocenters. The fourth-order valence-electron chi connectivity index (χ4n) is 1.73. The standard InChI is InChI=1S/C11H9BrN2O2/c1-2-7-6-9(12)11(14(15)16)8-4-3-5-13-10(7)8/h3-6H,2H2,1H3. The Labute approximate surface area is 101 Å². The van der Waals surface area contributed by atoms with E-state index in [1.807, 2.05) is 6.92 Å². The Morgan fingerprint density at radius 2 is 2.31 bits per heavy atom. The van der Waals surface area contributed by atoms with E-state index in [1.165, 1.54) is 0 Å². The number of nitrogens with zero attached hydrogens (tertiary/aromatic N) is 2. The Bertz CT molecular complexity index is 569. The largest absolute Gasteiger partial charge is 0.292 e. The molecule has 0 N–H and O–H groups in total. The van der Waals surface area contributed by atoms with E-state index in [-0.39, 0.29) is 10.6 Å². The van der Waals surface area contributed by atoms with Crippen LogP contribution >= 0.6 is 15.9 Å². The van der Waals surface area contributed by atoms with Crippen LogP contribution in [0.5, 0.6) is 0 Å². The average molecular weight is 281 g/mol. The fourth-order valence-corrected chi connectivity index (χ4v) is 2.36. The highest BCUT2D eigenvalue weighted by Crippen LogP contribution is 2.34. The number of hydrogen-bond donors (Lipinski definition) is 0. The molecule has 2 aromatic rings. The first-order valence-corrected chi connectivity index (χ1v) is 5.65. The zero-order valence-corrected chi connectivity index (χ0v) is 10.2. The van der Waals surface area contributed by atoms with Gasteiger partial charge in [-0.1, -0.05) is 6.92 Å². The molecule has 82 valence electrons. The third kappa shape index (κ3) is 1.67. The quantitative estimate of drug-likeness (QED) is 0.625. The zero-order valence-electron chi connectivity index (χ0n) is 8.61. The molecular formula is C11H9BrN2O2. The summed E-state index contributed by atoms with van der Waals surface area (Å²) in [5.74, 6) is 0. The second-order valence-electron chi connectivity index (χ2n) is 3.38. The van der Waals surface area contributed by atoms with Crippen LogP contribution in [0.1, 0.15) is 12.5 Å². The molecule has 1 aromatic carbocycles. The molecular weight excluding hydrogens is 272 g/mol. The third-order valence-corrected chi connectivity index (χ3v) is 3.06. The summed E-state index contributed by atoms with van der Waals surface area (Å²) >= 11 is 3.24. The average Bonchev–Trinajstić information content (AvgIpc) is 2.27. The maximum Gasteiger partial charge on any atom is 0.292 e. The first-order valence-electron chi connectivity index (χ1n) is 4.85. The van der Waals surface area contributed by atoms with Gasteiger partial charge in [0.2, 0.25) is 0 Å². The number of nitro groups is 1. The molecule has 0 amide bonds. The van der Waals surface area contributed by atoms with Crippen molar-refractivity contribution in [2.24, 2.45) is 0 Å². The lowest BCUT2D eigenvalue weighted by Crippen LogP contribution is -1.95. The van der Waals surface area contributed by atoms with Crippen LogP contribution in [-0.4, -0.2) is 9.91 Å². The number of hydrogen-bond acceptors (Lipinski definition) is 3. The molecule has 1 aromatic heterocycles. The maximum atomic E-state index is 11.0. The second kappa shape index (κ2) is 4.17. The number of fused-ring (bicyclic) bond motifs is 1. The minimum Gasteiger partial charge on any atom is -0.258 e. The highest BCUT2D eigenvalue weighted by molar-refractivity contribution is 9.10. The van der Waals surface area contributed by atoms with E-state index in [4.69, 9.17) is 0 Å². The molecule has 0 bridgehead atoms. The molecule has 0 fully saturated rings. The molecule has 0 saturated carbocycles. The van der Waals surface area contributed by atoms with Crippen molar-refractivity contribution in [1.82, 2.24) is 4.98 Å². The van der Waals surface area contributed by atoms with Crippen molar-refractivity contribution in [2.75, 3.05) is 0 Å². The van der Waals surface area contributed by atoms with Gasteiger partial charge in [0.25, 0.3) is 5.69 Å². The van der Waals surface area contributed by atoms with Crippen molar-refractivity contribution in [3.05, 3.63) is 44.5 Å². The monoisotopic (exact) mass is 280 g/mol. The van der Waals surface area contributed by atoms with Crippen molar-refractivity contribution in [3.8, 4) is 0 Å². The summed E-state index contributed by atoms with van der Waals surface area (Å²) in [4.78, 5) is 14.8. The van der Waals surface area contributed by atoms with E-state index in [9.17, 15) is 10.1 Å². The number of aryl methyl sites for hydroxylation is 1. The number of halogens is 1. The molecule has 16 heavy (non-hydrogen) atoms. The molecule has 0 radical (unpaired) electrons. The van der Waals surface area contributed by atoms with Crippen LogP contribution < -0.4 is 0 Å². The maximum absolute atomic E-state index is 11.0. The summed E-state index contributed by atoms with van der Waals surface area (Å²) in [5.41, 5.74) is 1.80. The lowest BCUT2D eigenvalue weighted by Gasteiger charge is -2.05. The SMILES string of the molecule is CCc1cc(Br)c([N+](=O)[O-])c2cccnc12. The van der Waals surface area contributed by atoms with Gasteiger partial charge in [0, 0.05) is 6.20 Å².